The number of hydrogen-bond donors (Lipinski definition) is 3. The normalized spacial score (nSPS) is 12.6. The Kier molecular flexibility index (Phi) is 72.3. The third kappa shape index (κ3) is 69.4. The quantitative estimate of drug-likeness (QED) is 0.0320. The van der Waals surface area contributed by atoms with Crippen LogP contribution in [0.15, 0.2) is 24.3 Å². The van der Waals surface area contributed by atoms with Crippen LogP contribution in [0.25, 0.3) is 0 Å². The fourth-order valence-electron chi connectivity index (χ4n) is 12.3. The molecule has 1 amide bonds. The predicted octanol–water partition coefficient (Wildman–Crippen LogP) is 25.3. The topological polar surface area (TPSA) is 95.9 Å². The number of aliphatic hydroxyl groups excluding tert-OH is 2. The van der Waals surface area contributed by atoms with Gasteiger partial charge in [0.05, 0.1) is 25.4 Å². The molecule has 3 N–H and O–H groups in total. The Morgan fingerprint density at radius 3 is 0.845 bits per heavy atom. The summed E-state index contributed by atoms with van der Waals surface area (Å²) < 4.78 is 5.52. The van der Waals surface area contributed by atoms with Crippen LogP contribution in [-0.4, -0.2) is 47.4 Å². The molecule has 0 aliphatic carbocycles. The molecule has 2 unspecified atom stereocenters. The van der Waals surface area contributed by atoms with Gasteiger partial charge in [0, 0.05) is 12.8 Å². The Morgan fingerprint density at radius 2 is 0.560 bits per heavy atom. The monoisotopic (exact) mass is 1180 g/mol. The summed E-state index contributed by atoms with van der Waals surface area (Å²) in [5.41, 5.74) is 0. The van der Waals surface area contributed by atoms with Gasteiger partial charge in [0.2, 0.25) is 5.91 Å². The van der Waals surface area contributed by atoms with Gasteiger partial charge in [-0.1, -0.05) is 391 Å². The molecule has 0 aromatic heterocycles. The molecule has 2 atom stereocenters. The Morgan fingerprint density at radius 1 is 0.321 bits per heavy atom. The number of carbonyl (C=O) groups is 2. The molecule has 0 fully saturated rings. The van der Waals surface area contributed by atoms with Gasteiger partial charge in [-0.05, 0) is 57.8 Å². The number of rotatable bonds is 73. The highest BCUT2D eigenvalue weighted by molar-refractivity contribution is 5.76. The minimum atomic E-state index is -0.839. The lowest BCUT2D eigenvalue weighted by molar-refractivity contribution is -0.143. The first kappa shape index (κ1) is 82.3. The van der Waals surface area contributed by atoms with E-state index in [0.29, 0.717) is 19.4 Å². The number of esters is 1. The number of aliphatic hydroxyl groups is 2. The molecule has 6 heteroatoms. The molecule has 0 bridgehead atoms. The van der Waals surface area contributed by atoms with E-state index in [2.05, 4.69) is 31.3 Å². The summed E-state index contributed by atoms with van der Waals surface area (Å²) in [6.07, 6.45) is 94.7. The van der Waals surface area contributed by atoms with Gasteiger partial charge < -0.3 is 20.3 Å². The van der Waals surface area contributed by atoms with Crippen LogP contribution in [0, 0.1) is 0 Å². The summed E-state index contributed by atoms with van der Waals surface area (Å²) in [4.78, 5) is 24.5. The minimum Gasteiger partial charge on any atom is -0.466 e. The second kappa shape index (κ2) is 73.8. The van der Waals surface area contributed by atoms with Gasteiger partial charge in [-0.3, -0.25) is 9.59 Å². The van der Waals surface area contributed by atoms with Crippen molar-refractivity contribution in [1.82, 2.24) is 5.32 Å². The fourth-order valence-corrected chi connectivity index (χ4v) is 12.3. The van der Waals surface area contributed by atoms with Crippen LogP contribution in [0.5, 0.6) is 0 Å². The lowest BCUT2D eigenvalue weighted by Gasteiger charge is -2.20. The maximum atomic E-state index is 12.4. The predicted molar refractivity (Wildman–Crippen MR) is 370 cm³/mol. The number of unbranched alkanes of at least 4 members (excludes halogenated alkanes) is 60. The van der Waals surface area contributed by atoms with Crippen LogP contribution in [0.4, 0.5) is 0 Å². The molecule has 498 valence electrons. The van der Waals surface area contributed by atoms with Crippen molar-refractivity contribution in [2.45, 2.75) is 450 Å². The second-order valence-electron chi connectivity index (χ2n) is 26.7. The SMILES string of the molecule is CCCCCCCCC/C=C/C(O)C(CO)NC(=O)CCCCCCCCCCCCCCCCCCC/C=C\CCCCCCCCCCCCCCCCCCCCOC(=O)CCCCCCCCCCCCCCCCCCCCC. The number of nitrogens with one attached hydrogen (secondary N) is 1. The first-order valence-corrected chi connectivity index (χ1v) is 38.6. The van der Waals surface area contributed by atoms with Crippen LogP contribution in [0.3, 0.4) is 0 Å². The third-order valence-electron chi connectivity index (χ3n) is 18.2. The van der Waals surface area contributed by atoms with Crippen molar-refractivity contribution in [3.05, 3.63) is 24.3 Å². The lowest BCUT2D eigenvalue weighted by Crippen LogP contribution is -2.45. The second-order valence-corrected chi connectivity index (χ2v) is 26.7. The summed E-state index contributed by atoms with van der Waals surface area (Å²) in [7, 11) is 0. The number of hydrogen-bond acceptors (Lipinski definition) is 5. The molecule has 0 aromatic rings. The van der Waals surface area contributed by atoms with E-state index in [0.717, 1.165) is 38.5 Å². The molecule has 0 aliphatic heterocycles. The summed E-state index contributed by atoms with van der Waals surface area (Å²) in [6.45, 7) is 4.92. The highest BCUT2D eigenvalue weighted by Gasteiger charge is 2.18. The van der Waals surface area contributed by atoms with E-state index < -0.39 is 12.1 Å². The largest absolute Gasteiger partial charge is 0.466 e. The van der Waals surface area contributed by atoms with Gasteiger partial charge >= 0.3 is 5.97 Å². The van der Waals surface area contributed by atoms with Crippen molar-refractivity contribution in [2.75, 3.05) is 13.2 Å². The molecule has 0 saturated carbocycles. The molecular weight excluding hydrogens is 1030 g/mol. The van der Waals surface area contributed by atoms with E-state index in [4.69, 9.17) is 4.74 Å². The molecule has 0 saturated heterocycles. The highest BCUT2D eigenvalue weighted by atomic mass is 16.5. The molecule has 0 spiro atoms. The van der Waals surface area contributed by atoms with E-state index >= 15 is 0 Å². The average molecular weight is 1180 g/mol. The van der Waals surface area contributed by atoms with Crippen LogP contribution in [-0.2, 0) is 14.3 Å². The average Bonchev–Trinajstić information content (AvgIpc) is 3.52. The molecule has 0 aliphatic rings. The van der Waals surface area contributed by atoms with Crippen LogP contribution >= 0.6 is 0 Å². The summed E-state index contributed by atoms with van der Waals surface area (Å²) in [6, 6.07) is -0.622. The first-order valence-electron chi connectivity index (χ1n) is 38.6. The first-order chi connectivity index (χ1) is 41.5. The molecule has 0 aromatic carbocycles. The van der Waals surface area contributed by atoms with Crippen molar-refractivity contribution in [3.8, 4) is 0 Å². The van der Waals surface area contributed by atoms with E-state index in [-0.39, 0.29) is 18.5 Å². The lowest BCUT2D eigenvalue weighted by atomic mass is 10.0. The molecule has 0 radical (unpaired) electrons. The number of amides is 1. The van der Waals surface area contributed by atoms with Crippen molar-refractivity contribution in [3.63, 3.8) is 0 Å². The zero-order chi connectivity index (χ0) is 60.6. The van der Waals surface area contributed by atoms with Crippen molar-refractivity contribution in [2.24, 2.45) is 0 Å². The van der Waals surface area contributed by atoms with Crippen molar-refractivity contribution >= 4 is 11.9 Å². The Balaban J connectivity index is 3.28. The van der Waals surface area contributed by atoms with Gasteiger partial charge in [0.1, 0.15) is 0 Å². The molecular formula is C78H151NO5. The Hall–Kier alpha value is -1.66. The van der Waals surface area contributed by atoms with Gasteiger partial charge in [-0.25, -0.2) is 0 Å². The standard InChI is InChI=1S/C78H151NO5/c1-3-5-7-9-11-13-14-15-16-17-39-43-46-49-52-56-60-64-68-72-78(83)84-73-69-65-61-57-53-50-47-44-41-38-36-34-32-30-28-26-24-22-20-18-19-21-23-25-27-29-31-33-35-37-40-42-45-48-51-55-59-63-67-71-77(82)79-75(74-80)76(81)70-66-62-58-54-12-10-8-6-4-2/h18-19,66,70,75-76,80-81H,3-17,20-65,67-69,71-74H2,1-2H3,(H,79,82)/b19-18-,70-66+. The number of allylic oxidation sites excluding steroid dienone is 3. The summed E-state index contributed by atoms with van der Waals surface area (Å²) in [5, 5.41) is 23.0. The van der Waals surface area contributed by atoms with Crippen LogP contribution < -0.4 is 5.32 Å². The van der Waals surface area contributed by atoms with Crippen molar-refractivity contribution < 1.29 is 24.5 Å². The van der Waals surface area contributed by atoms with Crippen LogP contribution in [0.2, 0.25) is 0 Å². The maximum absolute atomic E-state index is 12.4. The molecule has 0 rings (SSSR count). The maximum Gasteiger partial charge on any atom is 0.305 e. The van der Waals surface area contributed by atoms with Gasteiger partial charge in [-0.2, -0.15) is 0 Å². The van der Waals surface area contributed by atoms with E-state index in [9.17, 15) is 19.8 Å². The van der Waals surface area contributed by atoms with Gasteiger partial charge in [-0.15, -0.1) is 0 Å². The zero-order valence-electron chi connectivity index (χ0n) is 57.2. The Bertz CT molecular complexity index is 1320. The van der Waals surface area contributed by atoms with Gasteiger partial charge in [0.15, 0.2) is 0 Å². The summed E-state index contributed by atoms with van der Waals surface area (Å²) in [5.74, 6) is -0.0366. The van der Waals surface area contributed by atoms with Gasteiger partial charge in [0.25, 0.3) is 0 Å². The molecule has 6 nitrogen and oxygen atoms in total. The zero-order valence-corrected chi connectivity index (χ0v) is 57.2. The molecule has 0 heterocycles. The molecule has 84 heavy (non-hydrogen) atoms. The smallest absolute Gasteiger partial charge is 0.305 e. The number of ether oxygens (including phenoxy) is 1. The Labute approximate surface area is 526 Å². The van der Waals surface area contributed by atoms with E-state index in [1.54, 1.807) is 6.08 Å². The minimum absolute atomic E-state index is 0.0279. The van der Waals surface area contributed by atoms with E-state index in [1.165, 1.54) is 372 Å². The summed E-state index contributed by atoms with van der Waals surface area (Å²) >= 11 is 0. The van der Waals surface area contributed by atoms with Crippen molar-refractivity contribution in [1.29, 1.82) is 0 Å². The third-order valence-corrected chi connectivity index (χ3v) is 18.2. The fraction of sp³-hybridized carbons (Fsp3) is 0.923. The van der Waals surface area contributed by atoms with E-state index in [1.807, 2.05) is 6.08 Å². The number of carbonyl (C=O) groups excluding carboxylic acids is 2. The highest BCUT2D eigenvalue weighted by Crippen LogP contribution is 2.20. The van der Waals surface area contributed by atoms with Crippen LogP contribution in [0.1, 0.15) is 438 Å².